The van der Waals surface area contributed by atoms with Crippen molar-refractivity contribution in [3.8, 4) is 0 Å². The van der Waals surface area contributed by atoms with Gasteiger partial charge in [-0.05, 0) is 25.7 Å². The molecule has 0 saturated heterocycles. The second kappa shape index (κ2) is 12.8. The molecule has 0 amide bonds. The van der Waals surface area contributed by atoms with Gasteiger partial charge in [0.1, 0.15) is 5.78 Å². The molecule has 0 bridgehead atoms. The number of aliphatic hydroxyl groups excluding tert-OH is 2. The number of Topliss-reactive ketones (excluding diaryl/α,β-unsaturated/α-hetero) is 1. The summed E-state index contributed by atoms with van der Waals surface area (Å²) in [5.41, 5.74) is 0. The molecule has 0 aromatic heterocycles. The van der Waals surface area contributed by atoms with Crippen LogP contribution >= 0.6 is 0 Å². The quantitative estimate of drug-likeness (QED) is 0.314. The topological polar surface area (TPSA) is 83.8 Å². The summed E-state index contributed by atoms with van der Waals surface area (Å²) in [6.45, 7) is 2.12. The van der Waals surface area contributed by atoms with E-state index in [0.717, 1.165) is 32.1 Å². The lowest BCUT2D eigenvalue weighted by atomic mass is 9.90. The number of allylic oxidation sites excluding steroid dienone is 3. The van der Waals surface area contributed by atoms with E-state index in [0.29, 0.717) is 19.3 Å². The van der Waals surface area contributed by atoms with Crippen molar-refractivity contribution < 1.29 is 24.5 Å². The monoisotopic (exact) mass is 366 g/mol. The maximum atomic E-state index is 12.1. The van der Waals surface area contributed by atoms with E-state index >= 15 is 0 Å². The number of carbonyl (C=O) groups is 2. The Balaban J connectivity index is 2.46. The van der Waals surface area contributed by atoms with Crippen molar-refractivity contribution >= 4 is 11.8 Å². The lowest BCUT2D eigenvalue weighted by molar-refractivity contribution is -0.140. The van der Waals surface area contributed by atoms with Crippen LogP contribution in [0.1, 0.15) is 64.7 Å². The summed E-state index contributed by atoms with van der Waals surface area (Å²) in [7, 11) is 1.38. The molecule has 1 saturated carbocycles. The molecule has 148 valence electrons. The summed E-state index contributed by atoms with van der Waals surface area (Å²) in [5.74, 6) is -0.638. The lowest BCUT2D eigenvalue weighted by Gasteiger charge is -2.17. The largest absolute Gasteiger partial charge is 0.469 e. The van der Waals surface area contributed by atoms with E-state index in [1.807, 2.05) is 12.2 Å². The molecular formula is C21H34O5. The van der Waals surface area contributed by atoms with Crippen LogP contribution in [0.2, 0.25) is 0 Å². The predicted molar refractivity (Wildman–Crippen MR) is 102 cm³/mol. The Labute approximate surface area is 157 Å². The number of esters is 1. The predicted octanol–water partition coefficient (Wildman–Crippen LogP) is 3.34. The maximum absolute atomic E-state index is 12.1. The van der Waals surface area contributed by atoms with Gasteiger partial charge in [0.2, 0.25) is 0 Å². The smallest absolute Gasteiger partial charge is 0.305 e. The van der Waals surface area contributed by atoms with E-state index in [2.05, 4.69) is 11.7 Å². The average Bonchev–Trinajstić information content (AvgIpc) is 2.89. The van der Waals surface area contributed by atoms with E-state index in [4.69, 9.17) is 0 Å². The number of hydrogen-bond acceptors (Lipinski definition) is 5. The van der Waals surface area contributed by atoms with Gasteiger partial charge in [0.15, 0.2) is 0 Å². The van der Waals surface area contributed by atoms with Crippen LogP contribution in [-0.2, 0) is 14.3 Å². The van der Waals surface area contributed by atoms with Gasteiger partial charge in [-0.15, -0.1) is 0 Å². The third-order valence-corrected chi connectivity index (χ3v) is 4.94. The lowest BCUT2D eigenvalue weighted by Crippen LogP contribution is -2.19. The van der Waals surface area contributed by atoms with Gasteiger partial charge in [0, 0.05) is 24.7 Å². The molecule has 0 heterocycles. The first-order valence-electron chi connectivity index (χ1n) is 9.78. The highest BCUT2D eigenvalue weighted by Gasteiger charge is 2.39. The third-order valence-electron chi connectivity index (χ3n) is 4.94. The molecule has 0 radical (unpaired) electrons. The SMILES string of the molecule is CCCCC[C@H](O)/C=C/[C@H]1C(=O)C[C@H](O)[C@H]1C/C=C\CCCC(=O)OC. The second-order valence-corrected chi connectivity index (χ2v) is 7.05. The van der Waals surface area contributed by atoms with Crippen LogP contribution in [0.4, 0.5) is 0 Å². The summed E-state index contributed by atoms with van der Waals surface area (Å²) >= 11 is 0. The van der Waals surface area contributed by atoms with Crippen LogP contribution in [0.25, 0.3) is 0 Å². The number of rotatable bonds is 12. The number of carbonyl (C=O) groups excluding carboxylic acids is 2. The molecule has 2 N–H and O–H groups in total. The van der Waals surface area contributed by atoms with Crippen molar-refractivity contribution in [1.29, 1.82) is 0 Å². The molecule has 0 aromatic rings. The van der Waals surface area contributed by atoms with Crippen molar-refractivity contribution in [1.82, 2.24) is 0 Å². The Morgan fingerprint density at radius 2 is 2.08 bits per heavy atom. The van der Waals surface area contributed by atoms with Crippen LogP contribution in [0.5, 0.6) is 0 Å². The first kappa shape index (κ1) is 22.6. The highest BCUT2D eigenvalue weighted by Crippen LogP contribution is 2.33. The minimum absolute atomic E-state index is 0.0404. The van der Waals surface area contributed by atoms with Crippen LogP contribution in [0.3, 0.4) is 0 Å². The van der Waals surface area contributed by atoms with Gasteiger partial charge in [0.25, 0.3) is 0 Å². The van der Waals surface area contributed by atoms with Crippen molar-refractivity contribution in [2.45, 2.75) is 76.9 Å². The Bertz CT molecular complexity index is 483. The molecule has 0 spiro atoms. The molecule has 5 nitrogen and oxygen atoms in total. The first-order chi connectivity index (χ1) is 12.5. The van der Waals surface area contributed by atoms with Gasteiger partial charge in [0.05, 0.1) is 19.3 Å². The fourth-order valence-electron chi connectivity index (χ4n) is 3.31. The Morgan fingerprint density at radius 1 is 1.31 bits per heavy atom. The minimum Gasteiger partial charge on any atom is -0.469 e. The summed E-state index contributed by atoms with van der Waals surface area (Å²) in [4.78, 5) is 23.2. The molecule has 0 aromatic carbocycles. The number of ether oxygens (including phenoxy) is 1. The number of aliphatic hydroxyl groups is 2. The maximum Gasteiger partial charge on any atom is 0.305 e. The summed E-state index contributed by atoms with van der Waals surface area (Å²) < 4.78 is 4.59. The molecule has 1 aliphatic rings. The molecule has 0 unspecified atom stereocenters. The Morgan fingerprint density at radius 3 is 2.77 bits per heavy atom. The Hall–Kier alpha value is -1.46. The van der Waals surface area contributed by atoms with Crippen molar-refractivity contribution in [2.24, 2.45) is 11.8 Å². The van der Waals surface area contributed by atoms with E-state index in [-0.39, 0.29) is 30.0 Å². The van der Waals surface area contributed by atoms with E-state index in [1.165, 1.54) is 7.11 Å². The van der Waals surface area contributed by atoms with E-state index in [9.17, 15) is 19.8 Å². The standard InChI is InChI=1S/C21H34O5/c1-3-4-7-10-16(22)13-14-18-17(19(23)15-20(18)24)11-8-5-6-9-12-21(25)26-2/h5,8,13-14,16-19,22-23H,3-4,6-7,9-12,15H2,1-2H3/b8-5-,14-13+/t16-,17-,18+,19-/m0/s1. The Kier molecular flexibility index (Phi) is 11.1. The van der Waals surface area contributed by atoms with Crippen LogP contribution < -0.4 is 0 Å². The highest BCUT2D eigenvalue weighted by molar-refractivity contribution is 5.86. The fourth-order valence-corrected chi connectivity index (χ4v) is 3.31. The molecular weight excluding hydrogens is 332 g/mol. The van der Waals surface area contributed by atoms with Crippen LogP contribution in [-0.4, -0.2) is 41.3 Å². The average molecular weight is 366 g/mol. The van der Waals surface area contributed by atoms with Gasteiger partial charge in [-0.3, -0.25) is 9.59 Å². The highest BCUT2D eigenvalue weighted by atomic mass is 16.5. The van der Waals surface area contributed by atoms with Gasteiger partial charge >= 0.3 is 5.97 Å². The second-order valence-electron chi connectivity index (χ2n) is 7.05. The number of hydrogen-bond donors (Lipinski definition) is 2. The normalized spacial score (nSPS) is 24.6. The molecule has 1 fully saturated rings. The van der Waals surface area contributed by atoms with Gasteiger partial charge < -0.3 is 14.9 Å². The molecule has 26 heavy (non-hydrogen) atoms. The molecule has 1 rings (SSSR count). The zero-order valence-corrected chi connectivity index (χ0v) is 16.1. The van der Waals surface area contributed by atoms with Crippen LogP contribution in [0.15, 0.2) is 24.3 Å². The summed E-state index contributed by atoms with van der Waals surface area (Å²) in [6.07, 6.45) is 12.9. The number of methoxy groups -OCH3 is 1. The minimum atomic E-state index is -0.630. The van der Waals surface area contributed by atoms with E-state index in [1.54, 1.807) is 12.2 Å². The third kappa shape index (κ3) is 8.28. The van der Waals surface area contributed by atoms with Crippen LogP contribution in [0, 0.1) is 11.8 Å². The van der Waals surface area contributed by atoms with Gasteiger partial charge in [-0.25, -0.2) is 0 Å². The number of unbranched alkanes of at least 4 members (excludes halogenated alkanes) is 3. The summed E-state index contributed by atoms with van der Waals surface area (Å²) in [6, 6.07) is 0. The van der Waals surface area contributed by atoms with Crippen molar-refractivity contribution in [3.63, 3.8) is 0 Å². The van der Waals surface area contributed by atoms with Crippen molar-refractivity contribution in [3.05, 3.63) is 24.3 Å². The van der Waals surface area contributed by atoms with E-state index < -0.39 is 12.2 Å². The molecule has 5 heteroatoms. The fraction of sp³-hybridized carbons (Fsp3) is 0.714. The number of ketones is 1. The molecule has 4 atom stereocenters. The summed E-state index contributed by atoms with van der Waals surface area (Å²) in [5, 5.41) is 20.2. The molecule has 1 aliphatic carbocycles. The molecule has 0 aliphatic heterocycles. The van der Waals surface area contributed by atoms with Crippen molar-refractivity contribution in [2.75, 3.05) is 7.11 Å². The zero-order valence-electron chi connectivity index (χ0n) is 16.1. The van der Waals surface area contributed by atoms with Gasteiger partial charge in [-0.1, -0.05) is 50.5 Å². The van der Waals surface area contributed by atoms with Gasteiger partial charge in [-0.2, -0.15) is 0 Å². The first-order valence-corrected chi connectivity index (χ1v) is 9.78. The zero-order chi connectivity index (χ0) is 19.4.